The zero-order chi connectivity index (χ0) is 24.5. The number of halogens is 1. The molecule has 3 aromatic heterocycles. The third-order valence-electron chi connectivity index (χ3n) is 5.94. The molecule has 0 saturated heterocycles. The number of aliphatic hydroxyl groups is 2. The number of alkyl halides is 1. The summed E-state index contributed by atoms with van der Waals surface area (Å²) >= 11 is 0. The molecule has 0 spiro atoms. The van der Waals surface area contributed by atoms with Crippen molar-refractivity contribution in [1.82, 2.24) is 24.9 Å². The summed E-state index contributed by atoms with van der Waals surface area (Å²) in [5, 5.41) is 39.1. The Labute approximate surface area is 195 Å². The third-order valence-corrected chi connectivity index (χ3v) is 5.94. The number of carbonyl (C=O) groups is 1. The number of rotatable bonds is 7. The largest absolute Gasteiger partial charge is 0.391 e. The molecule has 10 nitrogen and oxygen atoms in total. The summed E-state index contributed by atoms with van der Waals surface area (Å²) in [6.07, 6.45) is 5.97. The molecule has 4 rings (SSSR count). The third kappa shape index (κ3) is 4.83. The Morgan fingerprint density at radius 2 is 2.15 bits per heavy atom. The topological polar surface area (TPSA) is 148 Å². The molecule has 3 atom stereocenters. The minimum Gasteiger partial charge on any atom is -0.391 e. The molecule has 0 radical (unpaired) electrons. The van der Waals surface area contributed by atoms with E-state index in [1.807, 2.05) is 6.07 Å². The number of nitriles is 1. The highest BCUT2D eigenvalue weighted by molar-refractivity contribution is 6.00. The molecule has 178 valence electrons. The van der Waals surface area contributed by atoms with E-state index in [9.17, 15) is 19.4 Å². The van der Waals surface area contributed by atoms with Crippen LogP contribution in [0.15, 0.2) is 30.9 Å². The van der Waals surface area contributed by atoms with Crippen molar-refractivity contribution in [3.63, 3.8) is 0 Å². The van der Waals surface area contributed by atoms with E-state index < -0.39 is 23.8 Å². The van der Waals surface area contributed by atoms with Crippen LogP contribution in [0.25, 0.3) is 16.9 Å². The van der Waals surface area contributed by atoms with Gasteiger partial charge in [-0.15, -0.1) is 0 Å². The summed E-state index contributed by atoms with van der Waals surface area (Å²) < 4.78 is 15.6. The van der Waals surface area contributed by atoms with E-state index in [2.05, 4.69) is 25.7 Å². The van der Waals surface area contributed by atoms with Gasteiger partial charge in [0.05, 0.1) is 64.8 Å². The van der Waals surface area contributed by atoms with E-state index in [1.54, 1.807) is 18.5 Å². The van der Waals surface area contributed by atoms with Gasteiger partial charge in [-0.3, -0.25) is 9.78 Å². The predicted octanol–water partition coefficient (Wildman–Crippen LogP) is 1.83. The summed E-state index contributed by atoms with van der Waals surface area (Å²) in [6, 6.07) is 3.43. The normalized spacial score (nSPS) is 19.1. The number of aromatic nitrogens is 4. The number of nitrogens with zero attached hydrogens (tertiary/aromatic N) is 5. The summed E-state index contributed by atoms with van der Waals surface area (Å²) in [4.78, 5) is 21.6. The van der Waals surface area contributed by atoms with E-state index in [1.165, 1.54) is 30.8 Å². The molecule has 11 heteroatoms. The molecule has 3 heterocycles. The number of aliphatic hydroxyl groups excluding tert-OH is 1. The first-order chi connectivity index (χ1) is 16.2. The van der Waals surface area contributed by atoms with Crippen LogP contribution in [0.4, 0.5) is 10.1 Å². The van der Waals surface area contributed by atoms with Gasteiger partial charge in [-0.1, -0.05) is 0 Å². The highest BCUT2D eigenvalue weighted by Crippen LogP contribution is 2.29. The average molecular weight is 468 g/mol. The van der Waals surface area contributed by atoms with Crippen molar-refractivity contribution < 1.29 is 19.4 Å². The van der Waals surface area contributed by atoms with Gasteiger partial charge in [0.2, 0.25) is 0 Å². The van der Waals surface area contributed by atoms with Gasteiger partial charge in [0.1, 0.15) is 12.2 Å². The first-order valence-electron chi connectivity index (χ1n) is 11.0. The zero-order valence-electron chi connectivity index (χ0n) is 18.9. The van der Waals surface area contributed by atoms with Crippen molar-refractivity contribution in [3.8, 4) is 17.3 Å². The number of pyridine rings is 1. The molecule has 3 unspecified atom stereocenters. The summed E-state index contributed by atoms with van der Waals surface area (Å²) in [7, 11) is 0. The molecule has 1 saturated carbocycles. The van der Waals surface area contributed by atoms with Crippen LogP contribution in [0.2, 0.25) is 0 Å². The quantitative estimate of drug-likeness (QED) is 0.411. The molecule has 0 aromatic carbocycles. The SMILES string of the molecule is CC(C)(O)C(F)CNC(=O)c1cnc(-c2cnn3cc(C#N)cnc23)cc1NC1CCCC1O. The van der Waals surface area contributed by atoms with Crippen LogP contribution in [0, 0.1) is 11.3 Å². The van der Waals surface area contributed by atoms with Crippen LogP contribution in [-0.2, 0) is 0 Å². The fourth-order valence-corrected chi connectivity index (χ4v) is 3.85. The van der Waals surface area contributed by atoms with Crippen LogP contribution >= 0.6 is 0 Å². The molecule has 0 aliphatic heterocycles. The Morgan fingerprint density at radius 3 is 2.82 bits per heavy atom. The van der Waals surface area contributed by atoms with Crippen LogP contribution in [-0.4, -0.2) is 66.2 Å². The van der Waals surface area contributed by atoms with Gasteiger partial charge in [-0.05, 0) is 39.2 Å². The van der Waals surface area contributed by atoms with Gasteiger partial charge in [-0.2, -0.15) is 10.4 Å². The Morgan fingerprint density at radius 1 is 1.35 bits per heavy atom. The van der Waals surface area contributed by atoms with Crippen LogP contribution < -0.4 is 10.6 Å². The predicted molar refractivity (Wildman–Crippen MR) is 122 cm³/mol. The van der Waals surface area contributed by atoms with E-state index in [4.69, 9.17) is 5.26 Å². The van der Waals surface area contributed by atoms with Gasteiger partial charge >= 0.3 is 0 Å². The summed E-state index contributed by atoms with van der Waals surface area (Å²) in [5.41, 5.74) is 0.947. The Bertz CT molecular complexity index is 1250. The first kappa shape index (κ1) is 23.5. The average Bonchev–Trinajstić information content (AvgIpc) is 3.41. The molecule has 4 N–H and O–H groups in total. The van der Waals surface area contributed by atoms with Crippen LogP contribution in [0.1, 0.15) is 49.0 Å². The lowest BCUT2D eigenvalue weighted by molar-refractivity contribution is -0.00177. The lowest BCUT2D eigenvalue weighted by Gasteiger charge is -2.23. The van der Waals surface area contributed by atoms with Crippen LogP contribution in [0.3, 0.4) is 0 Å². The number of carbonyl (C=O) groups excluding carboxylic acids is 1. The van der Waals surface area contributed by atoms with Gasteiger partial charge in [-0.25, -0.2) is 13.9 Å². The van der Waals surface area contributed by atoms with Crippen molar-refractivity contribution in [1.29, 1.82) is 5.26 Å². The van der Waals surface area contributed by atoms with E-state index in [0.29, 0.717) is 34.6 Å². The van der Waals surface area contributed by atoms with Crippen molar-refractivity contribution in [3.05, 3.63) is 42.0 Å². The molecule has 3 aromatic rings. The minimum atomic E-state index is -1.65. The molecule has 1 amide bonds. The smallest absolute Gasteiger partial charge is 0.255 e. The molecular weight excluding hydrogens is 441 g/mol. The number of hydrogen-bond donors (Lipinski definition) is 4. The summed E-state index contributed by atoms with van der Waals surface area (Å²) in [5.74, 6) is -0.558. The van der Waals surface area contributed by atoms with Crippen molar-refractivity contribution in [2.75, 3.05) is 11.9 Å². The highest BCUT2D eigenvalue weighted by Gasteiger charge is 2.29. The second kappa shape index (κ2) is 9.32. The molecule has 1 aliphatic carbocycles. The number of hydrogen-bond acceptors (Lipinski definition) is 8. The maximum absolute atomic E-state index is 14.2. The lowest BCUT2D eigenvalue weighted by Crippen LogP contribution is -2.42. The number of anilines is 1. The van der Waals surface area contributed by atoms with Gasteiger partial charge < -0.3 is 20.8 Å². The van der Waals surface area contributed by atoms with E-state index in [-0.39, 0.29) is 18.2 Å². The van der Waals surface area contributed by atoms with E-state index in [0.717, 1.165) is 12.8 Å². The highest BCUT2D eigenvalue weighted by atomic mass is 19.1. The Balaban J connectivity index is 1.67. The molecular formula is C23H26FN7O3. The fraction of sp³-hybridized carbons (Fsp3) is 0.435. The van der Waals surface area contributed by atoms with Crippen LogP contribution in [0.5, 0.6) is 0 Å². The molecule has 0 bridgehead atoms. The Hall–Kier alpha value is -3.62. The number of fused-ring (bicyclic) bond motifs is 1. The maximum Gasteiger partial charge on any atom is 0.255 e. The lowest BCUT2D eigenvalue weighted by atomic mass is 10.0. The van der Waals surface area contributed by atoms with Crippen molar-refractivity contribution in [2.45, 2.75) is 57.0 Å². The fourth-order valence-electron chi connectivity index (χ4n) is 3.85. The molecule has 1 fully saturated rings. The Kier molecular flexibility index (Phi) is 6.45. The zero-order valence-corrected chi connectivity index (χ0v) is 18.9. The first-order valence-corrected chi connectivity index (χ1v) is 11.0. The standard InChI is InChI=1S/C23H26FN7O3/c1-23(2,34)20(24)11-28-22(33)15-9-26-17(6-18(15)30-16-4-3-5-19(16)32)14-10-29-31-12-13(7-25)8-27-21(14)31/h6,8-10,12,16,19-20,32,34H,3-5,11H2,1-2H3,(H,26,30)(H,28,33). The van der Waals surface area contributed by atoms with Gasteiger partial charge in [0.15, 0.2) is 5.65 Å². The second-order valence-electron chi connectivity index (χ2n) is 8.98. The summed E-state index contributed by atoms with van der Waals surface area (Å²) in [6.45, 7) is 2.30. The second-order valence-corrected chi connectivity index (χ2v) is 8.98. The van der Waals surface area contributed by atoms with Gasteiger partial charge in [0.25, 0.3) is 5.91 Å². The van der Waals surface area contributed by atoms with Crippen molar-refractivity contribution in [2.24, 2.45) is 0 Å². The number of amides is 1. The van der Waals surface area contributed by atoms with Crippen molar-refractivity contribution >= 4 is 17.2 Å². The van der Waals surface area contributed by atoms with E-state index >= 15 is 0 Å². The monoisotopic (exact) mass is 467 g/mol. The molecule has 1 aliphatic rings. The molecule has 34 heavy (non-hydrogen) atoms. The van der Waals surface area contributed by atoms with Gasteiger partial charge in [0, 0.05) is 12.4 Å². The number of nitrogens with one attached hydrogen (secondary N) is 2. The maximum atomic E-state index is 14.2. The minimum absolute atomic E-state index is 0.182.